The summed E-state index contributed by atoms with van der Waals surface area (Å²) < 4.78 is 30.1. The van der Waals surface area contributed by atoms with Crippen LogP contribution >= 0.6 is 11.6 Å². The molecule has 0 aliphatic heterocycles. The first-order valence-electron chi connectivity index (χ1n) is 7.49. The Bertz CT molecular complexity index is 851. The molecule has 0 spiro atoms. The van der Waals surface area contributed by atoms with Crippen LogP contribution in [0, 0.1) is 6.92 Å². The zero-order valence-corrected chi connectivity index (χ0v) is 15.4. The Kier molecular flexibility index (Phi) is 6.27. The van der Waals surface area contributed by atoms with Gasteiger partial charge in [-0.25, -0.2) is 8.42 Å². The fourth-order valence-corrected chi connectivity index (χ4v) is 2.74. The average molecular weight is 383 g/mol. The molecule has 0 atom stereocenters. The smallest absolute Gasteiger partial charge is 0.251 e. The van der Waals surface area contributed by atoms with Crippen molar-refractivity contribution in [3.8, 4) is 5.75 Å². The summed E-state index contributed by atoms with van der Waals surface area (Å²) in [4.78, 5) is 12.0. The van der Waals surface area contributed by atoms with E-state index < -0.39 is 10.0 Å². The Morgan fingerprint density at radius 1 is 1.16 bits per heavy atom. The fourth-order valence-electron chi connectivity index (χ4n) is 2.00. The van der Waals surface area contributed by atoms with Gasteiger partial charge in [0, 0.05) is 16.3 Å². The molecule has 1 amide bonds. The molecular weight excluding hydrogens is 364 g/mol. The number of sulfonamides is 1. The van der Waals surface area contributed by atoms with E-state index in [-0.39, 0.29) is 5.91 Å². The number of hydrogen-bond donors (Lipinski definition) is 2. The minimum Gasteiger partial charge on any atom is -0.492 e. The van der Waals surface area contributed by atoms with Crippen molar-refractivity contribution in [1.29, 1.82) is 0 Å². The molecule has 2 aromatic carbocycles. The van der Waals surface area contributed by atoms with Crippen LogP contribution in [0.25, 0.3) is 0 Å². The molecule has 0 heterocycles. The van der Waals surface area contributed by atoms with Crippen LogP contribution in [0.3, 0.4) is 0 Å². The van der Waals surface area contributed by atoms with E-state index in [1.165, 1.54) is 12.1 Å². The van der Waals surface area contributed by atoms with Crippen molar-refractivity contribution in [3.05, 3.63) is 58.6 Å². The largest absolute Gasteiger partial charge is 0.492 e. The van der Waals surface area contributed by atoms with Crippen LogP contribution in [0.5, 0.6) is 5.75 Å². The van der Waals surface area contributed by atoms with Crippen molar-refractivity contribution in [2.75, 3.05) is 24.1 Å². The number of hydrogen-bond acceptors (Lipinski definition) is 4. The van der Waals surface area contributed by atoms with Gasteiger partial charge in [-0.2, -0.15) is 0 Å². The number of halogens is 1. The fraction of sp³-hybridized carbons (Fsp3) is 0.235. The third-order valence-corrected chi connectivity index (χ3v) is 4.26. The van der Waals surface area contributed by atoms with Crippen LogP contribution in [0.1, 0.15) is 15.9 Å². The predicted octanol–water partition coefficient (Wildman–Crippen LogP) is 2.83. The number of carbonyl (C=O) groups excluding carboxylic acids is 1. The Labute approximate surface area is 152 Å². The lowest BCUT2D eigenvalue weighted by Gasteiger charge is -2.09. The Morgan fingerprint density at radius 2 is 1.84 bits per heavy atom. The average Bonchev–Trinajstić information content (AvgIpc) is 2.54. The van der Waals surface area contributed by atoms with Gasteiger partial charge in [0.2, 0.25) is 10.0 Å². The van der Waals surface area contributed by atoms with Crippen LogP contribution in [0.4, 0.5) is 5.69 Å². The maximum atomic E-state index is 12.0. The van der Waals surface area contributed by atoms with Crippen molar-refractivity contribution >= 4 is 33.2 Å². The highest BCUT2D eigenvalue weighted by atomic mass is 35.5. The third kappa shape index (κ3) is 6.28. The van der Waals surface area contributed by atoms with Crippen molar-refractivity contribution in [2.24, 2.45) is 0 Å². The van der Waals surface area contributed by atoms with E-state index in [4.69, 9.17) is 16.3 Å². The molecule has 0 aliphatic carbocycles. The summed E-state index contributed by atoms with van der Waals surface area (Å²) >= 11 is 6.02. The lowest BCUT2D eigenvalue weighted by molar-refractivity contribution is 0.0947. The normalized spacial score (nSPS) is 11.0. The Balaban J connectivity index is 1.80. The molecular formula is C17H19ClN2O4S. The van der Waals surface area contributed by atoms with Gasteiger partial charge >= 0.3 is 0 Å². The van der Waals surface area contributed by atoms with Crippen molar-refractivity contribution in [3.63, 3.8) is 0 Å². The van der Waals surface area contributed by atoms with Gasteiger partial charge in [0.1, 0.15) is 12.4 Å². The molecule has 134 valence electrons. The lowest BCUT2D eigenvalue weighted by atomic mass is 10.2. The summed E-state index contributed by atoms with van der Waals surface area (Å²) in [5.74, 6) is 0.373. The maximum absolute atomic E-state index is 12.0. The standard InChI is InChI=1S/C17H19ClN2O4S/c1-12-3-8-15(11-16(12)18)24-10-9-19-17(21)13-4-6-14(7-5-13)20-25(2,22)23/h3-8,11,20H,9-10H2,1-2H3,(H,19,21). The summed E-state index contributed by atoms with van der Waals surface area (Å²) in [6.45, 7) is 2.54. The molecule has 2 aromatic rings. The number of aryl methyl sites for hydroxylation is 1. The van der Waals surface area contributed by atoms with E-state index in [0.717, 1.165) is 11.8 Å². The summed E-state index contributed by atoms with van der Waals surface area (Å²) in [5.41, 5.74) is 1.80. The molecule has 0 unspecified atom stereocenters. The molecule has 2 N–H and O–H groups in total. The molecule has 2 rings (SSSR count). The number of rotatable bonds is 7. The van der Waals surface area contributed by atoms with Gasteiger partial charge < -0.3 is 10.1 Å². The van der Waals surface area contributed by atoms with E-state index in [9.17, 15) is 13.2 Å². The second-order valence-electron chi connectivity index (χ2n) is 5.47. The van der Waals surface area contributed by atoms with Gasteiger partial charge in [-0.1, -0.05) is 17.7 Å². The monoisotopic (exact) mass is 382 g/mol. The number of nitrogens with one attached hydrogen (secondary N) is 2. The van der Waals surface area contributed by atoms with Crippen LogP contribution in [-0.4, -0.2) is 33.7 Å². The summed E-state index contributed by atoms with van der Waals surface area (Å²) in [5, 5.41) is 3.36. The number of amides is 1. The van der Waals surface area contributed by atoms with Crippen molar-refractivity contribution in [1.82, 2.24) is 5.32 Å². The summed E-state index contributed by atoms with van der Waals surface area (Å²) in [7, 11) is -3.34. The van der Waals surface area contributed by atoms with Crippen LogP contribution in [0.2, 0.25) is 5.02 Å². The predicted molar refractivity (Wildman–Crippen MR) is 98.9 cm³/mol. The highest BCUT2D eigenvalue weighted by Crippen LogP contribution is 2.21. The molecule has 0 aliphatic rings. The van der Waals surface area contributed by atoms with Gasteiger partial charge in [-0.3, -0.25) is 9.52 Å². The van der Waals surface area contributed by atoms with Gasteiger partial charge in [0.05, 0.1) is 12.8 Å². The SMILES string of the molecule is Cc1ccc(OCCNC(=O)c2ccc(NS(C)(=O)=O)cc2)cc1Cl. The molecule has 0 fully saturated rings. The second-order valence-corrected chi connectivity index (χ2v) is 7.62. The molecule has 6 nitrogen and oxygen atoms in total. The number of ether oxygens (including phenoxy) is 1. The number of carbonyl (C=O) groups is 1. The van der Waals surface area contributed by atoms with Crippen LogP contribution in [0.15, 0.2) is 42.5 Å². The van der Waals surface area contributed by atoms with E-state index >= 15 is 0 Å². The Hall–Kier alpha value is -2.25. The summed E-state index contributed by atoms with van der Waals surface area (Å²) in [6.07, 6.45) is 1.06. The third-order valence-electron chi connectivity index (χ3n) is 3.25. The molecule has 0 saturated carbocycles. The Morgan fingerprint density at radius 3 is 2.44 bits per heavy atom. The molecule has 0 bridgehead atoms. The number of benzene rings is 2. The van der Waals surface area contributed by atoms with Crippen molar-refractivity contribution < 1.29 is 17.9 Å². The first-order chi connectivity index (χ1) is 11.7. The maximum Gasteiger partial charge on any atom is 0.251 e. The zero-order chi connectivity index (χ0) is 18.4. The molecule has 0 radical (unpaired) electrons. The van der Waals surface area contributed by atoms with Gasteiger partial charge in [0.25, 0.3) is 5.91 Å². The highest BCUT2D eigenvalue weighted by molar-refractivity contribution is 7.92. The van der Waals surface area contributed by atoms with Gasteiger partial charge in [0.15, 0.2) is 0 Å². The topological polar surface area (TPSA) is 84.5 Å². The first kappa shape index (κ1) is 19.1. The first-order valence-corrected chi connectivity index (χ1v) is 9.76. The van der Waals surface area contributed by atoms with Gasteiger partial charge in [-0.05, 0) is 48.9 Å². The molecule has 25 heavy (non-hydrogen) atoms. The summed E-state index contributed by atoms with van der Waals surface area (Å²) in [6, 6.07) is 11.6. The van der Waals surface area contributed by atoms with E-state index in [2.05, 4.69) is 10.0 Å². The minimum atomic E-state index is -3.34. The molecule has 0 aromatic heterocycles. The minimum absolute atomic E-state index is 0.267. The second kappa shape index (κ2) is 8.22. The van der Waals surface area contributed by atoms with E-state index in [0.29, 0.717) is 35.2 Å². The van der Waals surface area contributed by atoms with Gasteiger partial charge in [-0.15, -0.1) is 0 Å². The van der Waals surface area contributed by atoms with Crippen molar-refractivity contribution in [2.45, 2.75) is 6.92 Å². The number of anilines is 1. The van der Waals surface area contributed by atoms with E-state index in [1.807, 2.05) is 19.1 Å². The zero-order valence-electron chi connectivity index (χ0n) is 13.9. The van der Waals surface area contributed by atoms with Crippen LogP contribution < -0.4 is 14.8 Å². The lowest BCUT2D eigenvalue weighted by Crippen LogP contribution is -2.28. The van der Waals surface area contributed by atoms with E-state index in [1.54, 1.807) is 18.2 Å². The quantitative estimate of drug-likeness (QED) is 0.721. The molecule has 8 heteroatoms. The van der Waals surface area contributed by atoms with Crippen LogP contribution in [-0.2, 0) is 10.0 Å². The highest BCUT2D eigenvalue weighted by Gasteiger charge is 2.07. The molecule has 0 saturated heterocycles.